The molecule has 2 aromatic carbocycles. The lowest BCUT2D eigenvalue weighted by Crippen LogP contribution is -2.27. The van der Waals surface area contributed by atoms with E-state index in [0.717, 1.165) is 4.73 Å². The Labute approximate surface area is 195 Å². The van der Waals surface area contributed by atoms with Gasteiger partial charge in [0.15, 0.2) is 11.5 Å². The van der Waals surface area contributed by atoms with E-state index in [2.05, 4.69) is 30.6 Å². The van der Waals surface area contributed by atoms with Crippen LogP contribution >= 0.6 is 23.2 Å². The Morgan fingerprint density at radius 2 is 1.70 bits per heavy atom. The van der Waals surface area contributed by atoms with Gasteiger partial charge in [-0.2, -0.15) is 5.21 Å². The van der Waals surface area contributed by atoms with Crippen LogP contribution in [0.3, 0.4) is 0 Å². The van der Waals surface area contributed by atoms with Gasteiger partial charge in [0, 0.05) is 16.7 Å². The van der Waals surface area contributed by atoms with Crippen molar-refractivity contribution in [2.45, 2.75) is 0 Å². The van der Waals surface area contributed by atoms with Crippen molar-refractivity contribution in [2.24, 2.45) is 0 Å². The third-order valence-corrected chi connectivity index (χ3v) is 5.62. The highest BCUT2D eigenvalue weighted by Crippen LogP contribution is 2.35. The number of halogens is 2. The molecule has 0 saturated heterocycles. The molecule has 10 nitrogen and oxygen atoms in total. The van der Waals surface area contributed by atoms with Crippen LogP contribution in [0.5, 0.6) is 0 Å². The van der Waals surface area contributed by atoms with E-state index in [0.29, 0.717) is 43.8 Å². The highest BCUT2D eigenvalue weighted by molar-refractivity contribution is 6.39. The fourth-order valence-electron chi connectivity index (χ4n) is 3.49. The maximum absolute atomic E-state index is 13.3. The van der Waals surface area contributed by atoms with Crippen LogP contribution in [0.4, 0.5) is 5.82 Å². The average molecular weight is 481 g/mol. The number of hydrogen-bond acceptors (Lipinski definition) is 8. The molecule has 0 spiro atoms. The monoisotopic (exact) mass is 480 g/mol. The Bertz CT molecular complexity index is 1550. The van der Waals surface area contributed by atoms with Crippen LogP contribution in [0.15, 0.2) is 53.3 Å². The van der Waals surface area contributed by atoms with Crippen molar-refractivity contribution in [1.82, 2.24) is 35.3 Å². The second kappa shape index (κ2) is 8.15. The average Bonchev–Trinajstić information content (AvgIpc) is 3.35. The number of hydrogen-bond donors (Lipinski definition) is 2. The lowest BCUT2D eigenvalue weighted by molar-refractivity contribution is 0.168. The summed E-state index contributed by atoms with van der Waals surface area (Å²) in [6.45, 7) is 0. The standard InChI is InChI=1S/C21H14Cl2N8O2/c1-33-31-20-13(9-12(21(31)32)16-14(22)6-3-7-15(16)23)17(24)25-18(26-20)10-4-2-5-11(8-10)19-27-29-30-28-19/h2-9H,1H3,(H2,24,25,26)(H,27,28,29,30). The first-order valence-corrected chi connectivity index (χ1v) is 10.3. The molecule has 0 saturated carbocycles. The SMILES string of the molecule is COn1c(=O)c(-c2c(Cl)cccc2Cl)cc2c(N)nc(-c3cccc(-c4nn[nH]n4)c3)nc21. The fourth-order valence-corrected chi connectivity index (χ4v) is 4.09. The van der Waals surface area contributed by atoms with E-state index < -0.39 is 5.56 Å². The van der Waals surface area contributed by atoms with E-state index in [9.17, 15) is 4.79 Å². The number of nitrogens with zero attached hydrogens (tertiary/aromatic N) is 6. The third-order valence-electron chi connectivity index (χ3n) is 4.99. The summed E-state index contributed by atoms with van der Waals surface area (Å²) in [5.74, 6) is 0.856. The third kappa shape index (κ3) is 3.55. The molecule has 0 fully saturated rings. The second-order valence-electron chi connectivity index (χ2n) is 6.92. The van der Waals surface area contributed by atoms with Gasteiger partial charge in [-0.3, -0.25) is 4.79 Å². The summed E-state index contributed by atoms with van der Waals surface area (Å²) >= 11 is 12.7. The van der Waals surface area contributed by atoms with Gasteiger partial charge in [0.25, 0.3) is 5.56 Å². The molecular weight excluding hydrogens is 467 g/mol. The summed E-state index contributed by atoms with van der Waals surface area (Å²) in [6.07, 6.45) is 0. The van der Waals surface area contributed by atoms with Crippen LogP contribution < -0.4 is 16.1 Å². The van der Waals surface area contributed by atoms with Crippen molar-refractivity contribution in [3.63, 3.8) is 0 Å². The number of fused-ring (bicyclic) bond motifs is 1. The van der Waals surface area contributed by atoms with E-state index in [4.69, 9.17) is 33.8 Å². The predicted molar refractivity (Wildman–Crippen MR) is 125 cm³/mol. The Balaban J connectivity index is 1.74. The van der Waals surface area contributed by atoms with Gasteiger partial charge in [0.2, 0.25) is 5.82 Å². The van der Waals surface area contributed by atoms with E-state index in [-0.39, 0.29) is 17.0 Å². The maximum atomic E-state index is 13.3. The van der Waals surface area contributed by atoms with E-state index in [1.165, 1.54) is 7.11 Å². The molecule has 0 bridgehead atoms. The van der Waals surface area contributed by atoms with Gasteiger partial charge in [-0.05, 0) is 29.5 Å². The molecule has 12 heteroatoms. The van der Waals surface area contributed by atoms with Crippen LogP contribution in [-0.4, -0.2) is 42.4 Å². The van der Waals surface area contributed by atoms with Gasteiger partial charge in [0.1, 0.15) is 12.9 Å². The van der Waals surface area contributed by atoms with Crippen LogP contribution in [0.25, 0.3) is 44.9 Å². The summed E-state index contributed by atoms with van der Waals surface area (Å²) in [4.78, 5) is 27.6. The Kier molecular flexibility index (Phi) is 5.15. The van der Waals surface area contributed by atoms with Crippen LogP contribution in [0, 0.1) is 0 Å². The van der Waals surface area contributed by atoms with Gasteiger partial charge < -0.3 is 10.6 Å². The number of aromatic nitrogens is 7. The molecule has 33 heavy (non-hydrogen) atoms. The molecule has 3 N–H and O–H groups in total. The zero-order chi connectivity index (χ0) is 23.1. The summed E-state index contributed by atoms with van der Waals surface area (Å²) < 4.78 is 1.04. The highest BCUT2D eigenvalue weighted by atomic mass is 35.5. The van der Waals surface area contributed by atoms with E-state index >= 15 is 0 Å². The number of rotatable bonds is 4. The molecule has 3 aromatic heterocycles. The molecule has 0 unspecified atom stereocenters. The normalized spacial score (nSPS) is 11.1. The van der Waals surface area contributed by atoms with Gasteiger partial charge in [-0.1, -0.05) is 47.5 Å². The minimum atomic E-state index is -0.496. The van der Waals surface area contributed by atoms with Crippen LogP contribution in [0.1, 0.15) is 0 Å². The maximum Gasteiger partial charge on any atom is 0.293 e. The number of benzene rings is 2. The molecule has 0 aliphatic rings. The molecule has 0 atom stereocenters. The zero-order valence-electron chi connectivity index (χ0n) is 17.0. The summed E-state index contributed by atoms with van der Waals surface area (Å²) in [5, 5.41) is 15.0. The van der Waals surface area contributed by atoms with E-state index in [1.54, 1.807) is 42.5 Å². The summed E-state index contributed by atoms with van der Waals surface area (Å²) in [7, 11) is 1.35. The van der Waals surface area contributed by atoms with Crippen LogP contribution in [-0.2, 0) is 0 Å². The topological polar surface area (TPSA) is 137 Å². The van der Waals surface area contributed by atoms with Gasteiger partial charge in [0.05, 0.1) is 21.0 Å². The second-order valence-corrected chi connectivity index (χ2v) is 7.74. The van der Waals surface area contributed by atoms with Crippen molar-refractivity contribution in [3.8, 4) is 33.9 Å². The largest absolute Gasteiger partial charge is 0.412 e. The van der Waals surface area contributed by atoms with Crippen LogP contribution in [0.2, 0.25) is 10.0 Å². The van der Waals surface area contributed by atoms with Crippen molar-refractivity contribution in [1.29, 1.82) is 0 Å². The number of aromatic amines is 1. The van der Waals surface area contributed by atoms with Crippen molar-refractivity contribution < 1.29 is 4.84 Å². The number of nitrogens with two attached hydrogens (primary N) is 1. The smallest absolute Gasteiger partial charge is 0.293 e. The highest BCUT2D eigenvalue weighted by Gasteiger charge is 2.20. The Hall–Kier alpha value is -4.02. The quantitative estimate of drug-likeness (QED) is 0.399. The lowest BCUT2D eigenvalue weighted by Gasteiger charge is -2.14. The van der Waals surface area contributed by atoms with Crippen molar-refractivity contribution in [2.75, 3.05) is 12.8 Å². The molecule has 164 valence electrons. The lowest BCUT2D eigenvalue weighted by atomic mass is 10.1. The fraction of sp³-hybridized carbons (Fsp3) is 0.0476. The zero-order valence-corrected chi connectivity index (χ0v) is 18.5. The van der Waals surface area contributed by atoms with Crippen molar-refractivity contribution >= 4 is 40.1 Å². The molecule has 5 rings (SSSR count). The Morgan fingerprint density at radius 1 is 1.00 bits per heavy atom. The molecule has 5 aromatic rings. The number of nitrogens with one attached hydrogen (secondary N) is 1. The Morgan fingerprint density at radius 3 is 2.36 bits per heavy atom. The number of H-pyrrole nitrogens is 1. The van der Waals surface area contributed by atoms with Gasteiger partial charge in [-0.15, -0.1) is 14.9 Å². The number of anilines is 1. The molecule has 0 amide bonds. The minimum Gasteiger partial charge on any atom is -0.412 e. The number of pyridine rings is 1. The summed E-state index contributed by atoms with van der Waals surface area (Å²) in [6, 6.07) is 13.8. The first-order valence-electron chi connectivity index (χ1n) is 9.54. The van der Waals surface area contributed by atoms with Gasteiger partial charge >= 0.3 is 0 Å². The van der Waals surface area contributed by atoms with E-state index in [1.807, 2.05) is 6.07 Å². The molecule has 0 aliphatic carbocycles. The number of nitrogen functional groups attached to an aromatic ring is 1. The van der Waals surface area contributed by atoms with Gasteiger partial charge in [-0.25, -0.2) is 9.97 Å². The molecule has 0 radical (unpaired) electrons. The molecule has 3 heterocycles. The van der Waals surface area contributed by atoms with Crippen molar-refractivity contribution in [3.05, 3.63) is 68.9 Å². The minimum absolute atomic E-state index is 0.148. The number of tetrazole rings is 1. The first-order chi connectivity index (χ1) is 16.0. The molecule has 0 aliphatic heterocycles. The predicted octanol–water partition coefficient (Wildman–Crippen LogP) is 3.25. The molecular formula is C21H14Cl2N8O2. The first kappa shape index (κ1) is 20.9. The summed E-state index contributed by atoms with van der Waals surface area (Å²) in [5.41, 5.74) is 7.92.